The molecule has 0 aliphatic carbocycles. The molecule has 0 spiro atoms. The molecule has 100 valence electrons. The highest BCUT2D eigenvalue weighted by molar-refractivity contribution is 5.67. The van der Waals surface area contributed by atoms with E-state index in [2.05, 4.69) is 26.8 Å². The Bertz CT molecular complexity index is 567. The lowest BCUT2D eigenvalue weighted by molar-refractivity contribution is 1.10. The van der Waals surface area contributed by atoms with E-state index in [1.165, 1.54) is 6.33 Å². The SMILES string of the molecule is Cc1c(NN)ncnc1Nc1cccc(N(C)C)c1. The molecule has 19 heavy (non-hydrogen) atoms. The van der Waals surface area contributed by atoms with Crippen LogP contribution in [0.3, 0.4) is 0 Å². The van der Waals surface area contributed by atoms with Gasteiger partial charge in [-0.2, -0.15) is 0 Å². The molecule has 0 amide bonds. The fourth-order valence-electron chi connectivity index (χ4n) is 1.72. The first-order chi connectivity index (χ1) is 9.11. The molecule has 0 aliphatic heterocycles. The van der Waals surface area contributed by atoms with Gasteiger partial charge in [-0.1, -0.05) is 6.07 Å². The number of rotatable bonds is 4. The van der Waals surface area contributed by atoms with E-state index in [4.69, 9.17) is 5.84 Å². The predicted octanol–water partition coefficient (Wildman–Crippen LogP) is 1.88. The molecule has 0 radical (unpaired) electrons. The van der Waals surface area contributed by atoms with E-state index in [9.17, 15) is 0 Å². The molecule has 0 bridgehead atoms. The third-order valence-corrected chi connectivity index (χ3v) is 2.85. The van der Waals surface area contributed by atoms with Crippen LogP contribution in [0.4, 0.5) is 23.0 Å². The quantitative estimate of drug-likeness (QED) is 0.574. The normalized spacial score (nSPS) is 10.1. The zero-order valence-corrected chi connectivity index (χ0v) is 11.3. The number of hydrogen-bond acceptors (Lipinski definition) is 6. The Labute approximate surface area is 112 Å². The van der Waals surface area contributed by atoms with Gasteiger partial charge in [0.2, 0.25) is 0 Å². The van der Waals surface area contributed by atoms with Crippen LogP contribution in [0.25, 0.3) is 0 Å². The molecule has 0 atom stereocenters. The maximum absolute atomic E-state index is 5.40. The van der Waals surface area contributed by atoms with Gasteiger partial charge < -0.3 is 15.6 Å². The second kappa shape index (κ2) is 5.53. The Balaban J connectivity index is 2.28. The summed E-state index contributed by atoms with van der Waals surface area (Å²) < 4.78 is 0. The van der Waals surface area contributed by atoms with Crippen LogP contribution in [-0.4, -0.2) is 24.1 Å². The van der Waals surface area contributed by atoms with Crippen LogP contribution in [0.2, 0.25) is 0 Å². The van der Waals surface area contributed by atoms with E-state index in [1.54, 1.807) is 0 Å². The molecule has 4 N–H and O–H groups in total. The molecule has 0 unspecified atom stereocenters. The number of benzene rings is 1. The number of aromatic nitrogens is 2. The van der Waals surface area contributed by atoms with Crippen molar-refractivity contribution in [1.29, 1.82) is 0 Å². The molecule has 2 aromatic rings. The fraction of sp³-hybridized carbons (Fsp3) is 0.231. The van der Waals surface area contributed by atoms with Crippen LogP contribution in [0.1, 0.15) is 5.56 Å². The van der Waals surface area contributed by atoms with Crippen LogP contribution in [0.15, 0.2) is 30.6 Å². The third kappa shape index (κ3) is 2.92. The number of nitrogens with two attached hydrogens (primary N) is 1. The van der Waals surface area contributed by atoms with E-state index < -0.39 is 0 Å². The monoisotopic (exact) mass is 258 g/mol. The highest BCUT2D eigenvalue weighted by atomic mass is 15.3. The Hall–Kier alpha value is -2.34. The van der Waals surface area contributed by atoms with Gasteiger partial charge in [-0.25, -0.2) is 15.8 Å². The smallest absolute Gasteiger partial charge is 0.148 e. The van der Waals surface area contributed by atoms with Crippen molar-refractivity contribution in [3.63, 3.8) is 0 Å². The molecule has 0 fully saturated rings. The van der Waals surface area contributed by atoms with Gasteiger partial charge in [0.25, 0.3) is 0 Å². The summed E-state index contributed by atoms with van der Waals surface area (Å²) in [6.07, 6.45) is 1.47. The minimum Gasteiger partial charge on any atom is -0.378 e. The van der Waals surface area contributed by atoms with Crippen LogP contribution < -0.4 is 21.5 Å². The molecule has 2 rings (SSSR count). The summed E-state index contributed by atoms with van der Waals surface area (Å²) >= 11 is 0. The largest absolute Gasteiger partial charge is 0.378 e. The highest BCUT2D eigenvalue weighted by Gasteiger charge is 2.06. The summed E-state index contributed by atoms with van der Waals surface area (Å²) in [5, 5.41) is 3.27. The average molecular weight is 258 g/mol. The average Bonchev–Trinajstić information content (AvgIpc) is 2.41. The standard InChI is InChI=1S/C13H18N6/c1-9-12(15-8-16-13(9)18-14)17-10-5-4-6-11(7-10)19(2)3/h4-8H,14H2,1-3H3,(H2,15,16,17,18). The molecule has 6 heteroatoms. The van der Waals surface area contributed by atoms with Gasteiger partial charge in [0.15, 0.2) is 0 Å². The lowest BCUT2D eigenvalue weighted by Crippen LogP contribution is -2.12. The molecule has 1 aromatic heterocycles. The van der Waals surface area contributed by atoms with Gasteiger partial charge in [0.1, 0.15) is 18.0 Å². The van der Waals surface area contributed by atoms with Crippen molar-refractivity contribution < 1.29 is 0 Å². The lowest BCUT2D eigenvalue weighted by atomic mass is 10.2. The third-order valence-electron chi connectivity index (χ3n) is 2.85. The van der Waals surface area contributed by atoms with E-state index in [0.717, 1.165) is 22.8 Å². The van der Waals surface area contributed by atoms with Crippen LogP contribution in [-0.2, 0) is 0 Å². The molecule has 1 heterocycles. The van der Waals surface area contributed by atoms with Crippen LogP contribution in [0, 0.1) is 6.92 Å². The number of nitrogen functional groups attached to an aromatic ring is 1. The van der Waals surface area contributed by atoms with Crippen molar-refractivity contribution in [2.45, 2.75) is 6.92 Å². The summed E-state index contributed by atoms with van der Waals surface area (Å²) in [5.74, 6) is 6.75. The Morgan fingerprint density at radius 3 is 2.58 bits per heavy atom. The molecule has 0 aliphatic rings. The summed E-state index contributed by atoms with van der Waals surface area (Å²) in [7, 11) is 4.01. The summed E-state index contributed by atoms with van der Waals surface area (Å²) in [6.45, 7) is 1.91. The van der Waals surface area contributed by atoms with Gasteiger partial charge in [0.05, 0.1) is 0 Å². The summed E-state index contributed by atoms with van der Waals surface area (Å²) in [4.78, 5) is 10.3. The molecular weight excluding hydrogens is 240 g/mol. The Morgan fingerprint density at radius 2 is 1.89 bits per heavy atom. The summed E-state index contributed by atoms with van der Waals surface area (Å²) in [6, 6.07) is 8.09. The second-order valence-corrected chi connectivity index (χ2v) is 4.41. The van der Waals surface area contributed by atoms with Gasteiger partial charge >= 0.3 is 0 Å². The van der Waals surface area contributed by atoms with Gasteiger partial charge in [-0.05, 0) is 25.1 Å². The summed E-state index contributed by atoms with van der Waals surface area (Å²) in [5.41, 5.74) is 5.51. The topological polar surface area (TPSA) is 79.1 Å². The van der Waals surface area contributed by atoms with Gasteiger partial charge in [-0.15, -0.1) is 0 Å². The maximum Gasteiger partial charge on any atom is 0.148 e. The first-order valence-electron chi connectivity index (χ1n) is 5.94. The van der Waals surface area contributed by atoms with E-state index in [1.807, 2.05) is 44.1 Å². The zero-order valence-electron chi connectivity index (χ0n) is 11.3. The first-order valence-corrected chi connectivity index (χ1v) is 5.94. The number of nitrogens with zero attached hydrogens (tertiary/aromatic N) is 3. The van der Waals surface area contributed by atoms with Crippen molar-refractivity contribution in [3.8, 4) is 0 Å². The van der Waals surface area contributed by atoms with E-state index >= 15 is 0 Å². The Morgan fingerprint density at radius 1 is 1.16 bits per heavy atom. The van der Waals surface area contributed by atoms with E-state index in [-0.39, 0.29) is 0 Å². The second-order valence-electron chi connectivity index (χ2n) is 4.41. The van der Waals surface area contributed by atoms with Crippen LogP contribution >= 0.6 is 0 Å². The first kappa shape index (κ1) is 13.1. The van der Waals surface area contributed by atoms with Crippen molar-refractivity contribution in [2.24, 2.45) is 5.84 Å². The minimum atomic E-state index is 0.612. The molecule has 0 saturated carbocycles. The minimum absolute atomic E-state index is 0.612. The molecule has 0 saturated heterocycles. The fourth-order valence-corrected chi connectivity index (χ4v) is 1.72. The van der Waals surface area contributed by atoms with Crippen molar-refractivity contribution >= 4 is 23.0 Å². The number of hydrogen-bond donors (Lipinski definition) is 3. The number of nitrogens with one attached hydrogen (secondary N) is 2. The van der Waals surface area contributed by atoms with Crippen molar-refractivity contribution in [3.05, 3.63) is 36.2 Å². The van der Waals surface area contributed by atoms with Crippen LogP contribution in [0.5, 0.6) is 0 Å². The number of anilines is 4. The van der Waals surface area contributed by atoms with Gasteiger partial charge in [-0.3, -0.25) is 0 Å². The molecule has 1 aromatic carbocycles. The van der Waals surface area contributed by atoms with Crippen molar-refractivity contribution in [2.75, 3.05) is 29.7 Å². The molecular formula is C13H18N6. The lowest BCUT2D eigenvalue weighted by Gasteiger charge is -2.15. The number of hydrazine groups is 1. The zero-order chi connectivity index (χ0) is 13.8. The molecule has 6 nitrogen and oxygen atoms in total. The Kier molecular flexibility index (Phi) is 3.82. The van der Waals surface area contributed by atoms with Gasteiger partial charge in [0, 0.05) is 31.0 Å². The predicted molar refractivity (Wildman–Crippen MR) is 78.6 cm³/mol. The van der Waals surface area contributed by atoms with Crippen molar-refractivity contribution in [1.82, 2.24) is 9.97 Å². The highest BCUT2D eigenvalue weighted by Crippen LogP contribution is 2.24. The van der Waals surface area contributed by atoms with E-state index in [0.29, 0.717) is 5.82 Å². The maximum atomic E-state index is 5.40.